The fourth-order valence-electron chi connectivity index (χ4n) is 2.15. The van der Waals surface area contributed by atoms with Crippen LogP contribution in [0.5, 0.6) is 0 Å². The van der Waals surface area contributed by atoms with E-state index in [1.807, 2.05) is 12.1 Å². The molecule has 2 rings (SSSR count). The molecule has 1 heterocycles. The minimum absolute atomic E-state index is 0.555. The molecule has 1 unspecified atom stereocenters. The lowest BCUT2D eigenvalue weighted by Gasteiger charge is -2.23. The van der Waals surface area contributed by atoms with Gasteiger partial charge in [-0.15, -0.1) is 0 Å². The molecular formula is C12H16F2N2. The van der Waals surface area contributed by atoms with Crippen LogP contribution in [0.15, 0.2) is 24.3 Å². The molecule has 0 aromatic heterocycles. The first-order chi connectivity index (χ1) is 7.70. The summed E-state index contributed by atoms with van der Waals surface area (Å²) in [7, 11) is 0. The summed E-state index contributed by atoms with van der Waals surface area (Å²) in [4.78, 5) is 2.14. The molecule has 16 heavy (non-hydrogen) atoms. The van der Waals surface area contributed by atoms with E-state index in [-0.39, 0.29) is 0 Å². The van der Waals surface area contributed by atoms with E-state index in [0.717, 1.165) is 31.6 Å². The summed E-state index contributed by atoms with van der Waals surface area (Å²) in [5.41, 5.74) is 6.95. The lowest BCUT2D eigenvalue weighted by Crippen LogP contribution is -2.25. The molecular weight excluding hydrogens is 210 g/mol. The van der Waals surface area contributed by atoms with Gasteiger partial charge < -0.3 is 10.6 Å². The van der Waals surface area contributed by atoms with Crippen LogP contribution in [0.2, 0.25) is 0 Å². The molecule has 0 amide bonds. The standard InChI is InChI=1S/C12H16F2N2/c13-12(14)11(15)9-5-1-2-6-10(9)16-7-3-4-8-16/h1-2,5-6,11-12H,3-4,7-8,15H2. The molecule has 0 radical (unpaired) electrons. The molecule has 0 saturated carbocycles. The lowest BCUT2D eigenvalue weighted by atomic mass is 10.1. The second-order valence-corrected chi connectivity index (χ2v) is 4.11. The number of alkyl halides is 2. The van der Waals surface area contributed by atoms with Gasteiger partial charge in [0.05, 0.1) is 6.04 Å². The van der Waals surface area contributed by atoms with Crippen molar-refractivity contribution in [3.63, 3.8) is 0 Å². The zero-order chi connectivity index (χ0) is 11.5. The molecule has 4 heteroatoms. The third-order valence-electron chi connectivity index (χ3n) is 3.01. The van der Waals surface area contributed by atoms with E-state index in [1.165, 1.54) is 0 Å². The molecule has 1 saturated heterocycles. The van der Waals surface area contributed by atoms with Crippen LogP contribution in [-0.4, -0.2) is 19.5 Å². The predicted octanol–water partition coefficient (Wildman–Crippen LogP) is 2.55. The first kappa shape index (κ1) is 11.3. The average Bonchev–Trinajstić information content (AvgIpc) is 2.81. The Hall–Kier alpha value is -1.16. The van der Waals surface area contributed by atoms with Crippen LogP contribution in [0.1, 0.15) is 24.4 Å². The number of para-hydroxylation sites is 1. The number of hydrogen-bond donors (Lipinski definition) is 1. The fraction of sp³-hybridized carbons (Fsp3) is 0.500. The second-order valence-electron chi connectivity index (χ2n) is 4.11. The summed E-state index contributed by atoms with van der Waals surface area (Å²) in [6, 6.07) is 6.02. The Kier molecular flexibility index (Phi) is 3.39. The van der Waals surface area contributed by atoms with E-state index < -0.39 is 12.5 Å². The maximum absolute atomic E-state index is 12.6. The smallest absolute Gasteiger partial charge is 0.257 e. The molecule has 1 fully saturated rings. The first-order valence-corrected chi connectivity index (χ1v) is 5.58. The zero-order valence-corrected chi connectivity index (χ0v) is 9.07. The van der Waals surface area contributed by atoms with E-state index in [1.54, 1.807) is 12.1 Å². The van der Waals surface area contributed by atoms with Gasteiger partial charge in [0.1, 0.15) is 0 Å². The van der Waals surface area contributed by atoms with Crippen molar-refractivity contribution in [1.29, 1.82) is 0 Å². The number of halogens is 2. The van der Waals surface area contributed by atoms with Crippen molar-refractivity contribution in [1.82, 2.24) is 0 Å². The molecule has 1 aromatic rings. The molecule has 1 atom stereocenters. The van der Waals surface area contributed by atoms with Gasteiger partial charge in [0.15, 0.2) is 0 Å². The minimum Gasteiger partial charge on any atom is -0.371 e. The van der Waals surface area contributed by atoms with Gasteiger partial charge in [-0.05, 0) is 24.5 Å². The van der Waals surface area contributed by atoms with Gasteiger partial charge in [0.25, 0.3) is 6.43 Å². The molecule has 0 bridgehead atoms. The van der Waals surface area contributed by atoms with Crippen LogP contribution in [-0.2, 0) is 0 Å². The van der Waals surface area contributed by atoms with Crippen molar-refractivity contribution in [3.05, 3.63) is 29.8 Å². The van der Waals surface area contributed by atoms with Crippen LogP contribution < -0.4 is 10.6 Å². The van der Waals surface area contributed by atoms with Crippen LogP contribution >= 0.6 is 0 Å². The summed E-state index contributed by atoms with van der Waals surface area (Å²) < 4.78 is 25.3. The van der Waals surface area contributed by atoms with Gasteiger partial charge in [-0.3, -0.25) is 0 Å². The Morgan fingerprint density at radius 1 is 1.12 bits per heavy atom. The van der Waals surface area contributed by atoms with Gasteiger partial charge in [0.2, 0.25) is 0 Å². The first-order valence-electron chi connectivity index (χ1n) is 5.58. The van der Waals surface area contributed by atoms with Crippen molar-refractivity contribution in [3.8, 4) is 0 Å². The molecule has 0 spiro atoms. The summed E-state index contributed by atoms with van der Waals surface area (Å²) in [5.74, 6) is 0. The molecule has 0 aliphatic carbocycles. The van der Waals surface area contributed by atoms with Gasteiger partial charge >= 0.3 is 0 Å². The quantitative estimate of drug-likeness (QED) is 0.858. The Morgan fingerprint density at radius 2 is 1.75 bits per heavy atom. The van der Waals surface area contributed by atoms with Crippen LogP contribution in [0.3, 0.4) is 0 Å². The van der Waals surface area contributed by atoms with Crippen molar-refractivity contribution in [2.45, 2.75) is 25.3 Å². The molecule has 1 aromatic carbocycles. The monoisotopic (exact) mass is 226 g/mol. The fourth-order valence-corrected chi connectivity index (χ4v) is 2.15. The number of hydrogen-bond acceptors (Lipinski definition) is 2. The van der Waals surface area contributed by atoms with Crippen molar-refractivity contribution >= 4 is 5.69 Å². The van der Waals surface area contributed by atoms with Gasteiger partial charge in [-0.2, -0.15) is 0 Å². The van der Waals surface area contributed by atoms with Gasteiger partial charge in [0, 0.05) is 18.8 Å². The topological polar surface area (TPSA) is 29.3 Å². The van der Waals surface area contributed by atoms with Crippen LogP contribution in [0, 0.1) is 0 Å². The lowest BCUT2D eigenvalue weighted by molar-refractivity contribution is 0.116. The third kappa shape index (κ3) is 2.16. The normalized spacial score (nSPS) is 18.1. The minimum atomic E-state index is -2.51. The number of anilines is 1. The van der Waals surface area contributed by atoms with E-state index in [0.29, 0.717) is 5.56 Å². The summed E-state index contributed by atoms with van der Waals surface area (Å²) in [5, 5.41) is 0. The van der Waals surface area contributed by atoms with Gasteiger partial charge in [-0.25, -0.2) is 8.78 Å². The summed E-state index contributed by atoms with van der Waals surface area (Å²) in [6.45, 7) is 1.87. The van der Waals surface area contributed by atoms with E-state index >= 15 is 0 Å². The highest BCUT2D eigenvalue weighted by Gasteiger charge is 2.23. The van der Waals surface area contributed by atoms with E-state index in [2.05, 4.69) is 4.90 Å². The maximum atomic E-state index is 12.6. The van der Waals surface area contributed by atoms with Crippen molar-refractivity contribution in [2.75, 3.05) is 18.0 Å². The zero-order valence-electron chi connectivity index (χ0n) is 9.07. The Bertz CT molecular complexity index is 328. The van der Waals surface area contributed by atoms with Crippen molar-refractivity contribution in [2.24, 2.45) is 5.73 Å². The number of rotatable bonds is 3. The highest BCUT2D eigenvalue weighted by atomic mass is 19.3. The third-order valence-corrected chi connectivity index (χ3v) is 3.01. The molecule has 88 valence electrons. The Labute approximate surface area is 94.0 Å². The largest absolute Gasteiger partial charge is 0.371 e. The number of nitrogens with zero attached hydrogens (tertiary/aromatic N) is 1. The highest BCUT2D eigenvalue weighted by molar-refractivity contribution is 5.55. The SMILES string of the molecule is NC(c1ccccc1N1CCCC1)C(F)F. The molecule has 2 N–H and O–H groups in total. The molecule has 2 nitrogen and oxygen atoms in total. The Morgan fingerprint density at radius 3 is 2.38 bits per heavy atom. The maximum Gasteiger partial charge on any atom is 0.257 e. The second kappa shape index (κ2) is 4.78. The summed E-state index contributed by atoms with van der Waals surface area (Å²) >= 11 is 0. The van der Waals surface area contributed by atoms with Crippen LogP contribution in [0.4, 0.5) is 14.5 Å². The number of nitrogens with two attached hydrogens (primary N) is 1. The average molecular weight is 226 g/mol. The van der Waals surface area contributed by atoms with E-state index in [4.69, 9.17) is 5.73 Å². The number of benzene rings is 1. The summed E-state index contributed by atoms with van der Waals surface area (Å²) in [6.07, 6.45) is -0.264. The molecule has 1 aliphatic rings. The van der Waals surface area contributed by atoms with Gasteiger partial charge in [-0.1, -0.05) is 18.2 Å². The van der Waals surface area contributed by atoms with E-state index in [9.17, 15) is 8.78 Å². The molecule has 1 aliphatic heterocycles. The Balaban J connectivity index is 2.29. The predicted molar refractivity (Wildman–Crippen MR) is 60.8 cm³/mol. The van der Waals surface area contributed by atoms with Crippen LogP contribution in [0.25, 0.3) is 0 Å². The van der Waals surface area contributed by atoms with Crippen molar-refractivity contribution < 1.29 is 8.78 Å². The highest BCUT2D eigenvalue weighted by Crippen LogP contribution is 2.30.